The summed E-state index contributed by atoms with van der Waals surface area (Å²) in [6, 6.07) is 2.40. The second-order valence-electron chi connectivity index (χ2n) is 11.6. The molecule has 2 N–H and O–H groups in total. The summed E-state index contributed by atoms with van der Waals surface area (Å²) in [5.41, 5.74) is 0.116. The minimum atomic E-state index is -4.48. The van der Waals surface area contributed by atoms with Crippen LogP contribution in [0.2, 0.25) is 25.7 Å². The van der Waals surface area contributed by atoms with E-state index in [9.17, 15) is 22.8 Å². The molecule has 0 radical (unpaired) electrons. The predicted octanol–water partition coefficient (Wildman–Crippen LogP) is 4.52. The van der Waals surface area contributed by atoms with Gasteiger partial charge < -0.3 is 14.6 Å². The van der Waals surface area contributed by atoms with E-state index in [4.69, 9.17) is 10.00 Å². The van der Waals surface area contributed by atoms with Crippen molar-refractivity contribution in [3.05, 3.63) is 39.3 Å². The van der Waals surface area contributed by atoms with Crippen LogP contribution in [-0.2, 0) is 11.5 Å². The van der Waals surface area contributed by atoms with Gasteiger partial charge in [0.15, 0.2) is 0 Å². The minimum Gasteiger partial charge on any atom is -0.361 e. The summed E-state index contributed by atoms with van der Waals surface area (Å²) in [6.07, 6.45) is 0.577. The van der Waals surface area contributed by atoms with Crippen molar-refractivity contribution >= 4 is 30.0 Å². The second-order valence-corrected chi connectivity index (χ2v) is 17.2. The van der Waals surface area contributed by atoms with Crippen LogP contribution in [0, 0.1) is 17.2 Å². The normalized spacial score (nSPS) is 19.4. The number of nitrogens with zero attached hydrogens (tertiary/aromatic N) is 4. The smallest absolute Gasteiger partial charge is 0.361 e. The number of alkyl halides is 3. The van der Waals surface area contributed by atoms with Crippen LogP contribution in [-0.4, -0.2) is 52.5 Å². The van der Waals surface area contributed by atoms with Crippen LogP contribution in [0.1, 0.15) is 38.1 Å². The highest BCUT2D eigenvalue weighted by Gasteiger charge is 2.39. The fourth-order valence-corrected chi connectivity index (χ4v) is 5.94. The van der Waals surface area contributed by atoms with Gasteiger partial charge in [-0.2, -0.15) is 18.4 Å². The molecule has 39 heavy (non-hydrogen) atoms. The van der Waals surface area contributed by atoms with E-state index in [1.807, 2.05) is 16.8 Å². The average molecular weight is 565 g/mol. The number of aromatic amines is 1. The third-order valence-electron chi connectivity index (χ3n) is 7.44. The maximum Gasteiger partial charge on any atom is 0.404 e. The quantitative estimate of drug-likeness (QED) is 0.276. The Bertz CT molecular complexity index is 1460. The molecule has 1 atom stereocenters. The third-order valence-corrected chi connectivity index (χ3v) is 9.14. The van der Waals surface area contributed by atoms with Gasteiger partial charge in [0.25, 0.3) is 5.56 Å². The lowest BCUT2D eigenvalue weighted by molar-refractivity contribution is -0.155. The van der Waals surface area contributed by atoms with Crippen molar-refractivity contribution in [3.63, 3.8) is 0 Å². The number of pyridine rings is 1. The van der Waals surface area contributed by atoms with Gasteiger partial charge in [-0.05, 0) is 50.3 Å². The second kappa shape index (κ2) is 11.7. The molecule has 1 aliphatic rings. The Morgan fingerprint density at radius 1 is 1.23 bits per heavy atom. The standard InChI is InChI=1S/C26H35F3N6O3Si/c1-39(2,3)13-12-38-16-34-11-9-19-22-20(15-32-23(19)34)24(36)33-25(37)35(22)18-6-4-17(5-7-18)14-31-21(8-10-30)26(27,28)29/h9,11,15,17-18,21,31H,4-8,12-14,16H2,1-3H3,(H,33,36,37)/t17?,18?,21-/m1/s1. The van der Waals surface area contributed by atoms with Gasteiger partial charge in [0.2, 0.25) is 0 Å². The summed E-state index contributed by atoms with van der Waals surface area (Å²) in [5.74, 6) is -0.00871. The lowest BCUT2D eigenvalue weighted by atomic mass is 9.85. The summed E-state index contributed by atoms with van der Waals surface area (Å²) in [5, 5.41) is 12.2. The Labute approximate surface area is 225 Å². The van der Waals surface area contributed by atoms with Gasteiger partial charge in [-0.25, -0.2) is 9.78 Å². The van der Waals surface area contributed by atoms with Crippen molar-refractivity contribution in [2.45, 2.75) is 82.8 Å². The first kappa shape index (κ1) is 29.0. The van der Waals surface area contributed by atoms with Crippen molar-refractivity contribution in [1.29, 1.82) is 5.26 Å². The van der Waals surface area contributed by atoms with Crippen molar-refractivity contribution in [1.82, 2.24) is 24.4 Å². The molecule has 0 bridgehead atoms. The molecule has 1 saturated carbocycles. The zero-order chi connectivity index (χ0) is 28.4. The maximum atomic E-state index is 13.1. The number of aromatic nitrogens is 4. The number of rotatable bonds is 10. The third kappa shape index (κ3) is 6.80. The lowest BCUT2D eigenvalue weighted by Crippen LogP contribution is -2.44. The van der Waals surface area contributed by atoms with Gasteiger partial charge in [-0.1, -0.05) is 19.6 Å². The molecule has 1 fully saturated rings. The molecule has 0 amide bonds. The summed E-state index contributed by atoms with van der Waals surface area (Å²) < 4.78 is 48.8. The van der Waals surface area contributed by atoms with E-state index in [2.05, 4.69) is 34.9 Å². The Kier molecular flexibility index (Phi) is 8.68. The predicted molar refractivity (Wildman–Crippen MR) is 145 cm³/mol. The molecule has 0 aliphatic heterocycles. The fourth-order valence-electron chi connectivity index (χ4n) is 5.18. The summed E-state index contributed by atoms with van der Waals surface area (Å²) in [7, 11) is -1.23. The van der Waals surface area contributed by atoms with Gasteiger partial charge in [0, 0.05) is 38.5 Å². The highest BCUT2D eigenvalue weighted by molar-refractivity contribution is 6.76. The Morgan fingerprint density at radius 2 is 1.95 bits per heavy atom. The zero-order valence-electron chi connectivity index (χ0n) is 22.5. The maximum absolute atomic E-state index is 13.1. The van der Waals surface area contributed by atoms with Crippen LogP contribution in [0.3, 0.4) is 0 Å². The first-order valence-electron chi connectivity index (χ1n) is 13.3. The minimum absolute atomic E-state index is 0.00871. The molecule has 0 spiro atoms. The summed E-state index contributed by atoms with van der Waals surface area (Å²) >= 11 is 0. The fraction of sp³-hybridized carbons (Fsp3) is 0.615. The van der Waals surface area contributed by atoms with E-state index in [1.165, 1.54) is 6.20 Å². The number of hydrogen-bond donors (Lipinski definition) is 2. The molecule has 0 aromatic carbocycles. The van der Waals surface area contributed by atoms with Crippen LogP contribution in [0.25, 0.3) is 21.9 Å². The van der Waals surface area contributed by atoms with E-state index >= 15 is 0 Å². The molecule has 13 heteroatoms. The van der Waals surface area contributed by atoms with Crippen molar-refractivity contribution in [2.75, 3.05) is 13.2 Å². The molecule has 1 aliphatic carbocycles. The summed E-state index contributed by atoms with van der Waals surface area (Å²) in [4.78, 5) is 32.6. The molecular weight excluding hydrogens is 529 g/mol. The molecule has 9 nitrogen and oxygen atoms in total. The first-order chi connectivity index (χ1) is 18.4. The first-order valence-corrected chi connectivity index (χ1v) is 17.0. The monoisotopic (exact) mass is 564 g/mol. The van der Waals surface area contributed by atoms with Gasteiger partial charge in [-0.3, -0.25) is 14.3 Å². The number of hydrogen-bond acceptors (Lipinski definition) is 6. The van der Waals surface area contributed by atoms with Crippen molar-refractivity contribution < 1.29 is 17.9 Å². The SMILES string of the molecule is C[Si](C)(C)CCOCn1ccc2c1ncc1c(=O)[nH]c(=O)n(C3CCC(CN[C@H](CC#N)C(F)(F)F)CC3)c12. The molecule has 3 heterocycles. The van der Waals surface area contributed by atoms with Crippen LogP contribution >= 0.6 is 0 Å². The Hall–Kier alpha value is -2.95. The number of nitrogens with one attached hydrogen (secondary N) is 2. The van der Waals surface area contributed by atoms with E-state index in [1.54, 1.807) is 10.6 Å². The van der Waals surface area contributed by atoms with Gasteiger partial charge >= 0.3 is 11.9 Å². The molecule has 3 aromatic rings. The Morgan fingerprint density at radius 3 is 2.59 bits per heavy atom. The number of fused-ring (bicyclic) bond motifs is 3. The Balaban J connectivity index is 1.54. The van der Waals surface area contributed by atoms with Crippen LogP contribution in [0.15, 0.2) is 28.0 Å². The summed E-state index contributed by atoms with van der Waals surface area (Å²) in [6.45, 7) is 7.95. The molecular formula is C26H35F3N6O3Si. The van der Waals surface area contributed by atoms with Crippen molar-refractivity contribution in [3.8, 4) is 6.07 Å². The van der Waals surface area contributed by atoms with Crippen molar-refractivity contribution in [2.24, 2.45) is 5.92 Å². The highest BCUT2D eigenvalue weighted by atomic mass is 28.3. The van der Waals surface area contributed by atoms with Crippen LogP contribution in [0.4, 0.5) is 13.2 Å². The van der Waals surface area contributed by atoms with Gasteiger partial charge in [0.05, 0.1) is 23.4 Å². The topological polar surface area (TPSA) is 118 Å². The number of halogens is 3. The van der Waals surface area contributed by atoms with E-state index in [-0.39, 0.29) is 18.5 Å². The molecule has 4 rings (SSSR count). The number of ether oxygens (including phenoxy) is 1. The van der Waals surface area contributed by atoms with E-state index < -0.39 is 38.0 Å². The van der Waals surface area contributed by atoms with Gasteiger partial charge in [0.1, 0.15) is 18.4 Å². The molecule has 0 unspecified atom stereocenters. The van der Waals surface area contributed by atoms with Gasteiger partial charge in [-0.15, -0.1) is 0 Å². The van der Waals surface area contributed by atoms with E-state index in [0.717, 1.165) is 6.04 Å². The largest absolute Gasteiger partial charge is 0.404 e. The zero-order valence-corrected chi connectivity index (χ0v) is 23.5. The van der Waals surface area contributed by atoms with E-state index in [0.29, 0.717) is 61.0 Å². The number of nitriles is 1. The average Bonchev–Trinajstić information content (AvgIpc) is 3.27. The van der Waals surface area contributed by atoms with Crippen LogP contribution in [0.5, 0.6) is 0 Å². The molecule has 0 saturated heterocycles. The molecule has 3 aromatic heterocycles. The number of H-pyrrole nitrogens is 1. The molecule has 212 valence electrons. The highest BCUT2D eigenvalue weighted by Crippen LogP contribution is 2.34. The van der Waals surface area contributed by atoms with Crippen LogP contribution < -0.4 is 16.6 Å². The lowest BCUT2D eigenvalue weighted by Gasteiger charge is -2.31.